The van der Waals surface area contributed by atoms with E-state index in [2.05, 4.69) is 35.8 Å². The third-order valence-corrected chi connectivity index (χ3v) is 6.02. The zero-order valence-corrected chi connectivity index (χ0v) is 14.6. The number of halogens is 1. The van der Waals surface area contributed by atoms with Crippen molar-refractivity contribution in [2.24, 2.45) is 0 Å². The first-order valence-electron chi connectivity index (χ1n) is 7.31. The number of thiophene rings is 1. The number of benzene rings is 1. The summed E-state index contributed by atoms with van der Waals surface area (Å²) < 4.78 is 1.07. The average Bonchev–Trinajstić information content (AvgIpc) is 2.99. The van der Waals surface area contributed by atoms with E-state index in [1.807, 2.05) is 29.2 Å². The van der Waals surface area contributed by atoms with Gasteiger partial charge in [0.1, 0.15) is 0 Å². The summed E-state index contributed by atoms with van der Waals surface area (Å²) in [4.78, 5) is 16.9. The van der Waals surface area contributed by atoms with Crippen molar-refractivity contribution in [3.63, 3.8) is 0 Å². The smallest absolute Gasteiger partial charge is 0.268 e. The normalized spacial score (nSPS) is 17.1. The summed E-state index contributed by atoms with van der Waals surface area (Å²) in [5, 5.41) is 0. The van der Waals surface area contributed by atoms with Gasteiger partial charge in [0.05, 0.1) is 4.88 Å². The number of fused-ring (bicyclic) bond motifs is 1. The van der Waals surface area contributed by atoms with Crippen LogP contribution in [0, 0.1) is 0 Å². The summed E-state index contributed by atoms with van der Waals surface area (Å²) in [5.74, 6) is 0.125. The van der Waals surface area contributed by atoms with Crippen LogP contribution < -0.4 is 4.90 Å². The minimum atomic E-state index is 0.125. The van der Waals surface area contributed by atoms with Crippen LogP contribution in [-0.4, -0.2) is 11.9 Å². The molecule has 0 saturated heterocycles. The number of anilines is 1. The van der Waals surface area contributed by atoms with Crippen molar-refractivity contribution >= 4 is 38.9 Å². The molecule has 1 atom stereocenters. The molecule has 0 unspecified atom stereocenters. The summed E-state index contributed by atoms with van der Waals surface area (Å²) in [6.07, 6.45) is 3.05. The van der Waals surface area contributed by atoms with Crippen LogP contribution in [0.1, 0.15) is 40.4 Å². The third-order valence-electron chi connectivity index (χ3n) is 3.87. The SMILES string of the molecule is CCCc1sc(C(=O)N2c3ccccc3C[C@H]2C)cc1Br. The van der Waals surface area contributed by atoms with Crippen LogP contribution in [0.4, 0.5) is 5.69 Å². The molecule has 1 aliphatic heterocycles. The topological polar surface area (TPSA) is 20.3 Å². The van der Waals surface area contributed by atoms with Crippen LogP contribution in [0.15, 0.2) is 34.8 Å². The van der Waals surface area contributed by atoms with Crippen molar-refractivity contribution in [2.75, 3.05) is 4.90 Å². The molecule has 0 bridgehead atoms. The Morgan fingerprint density at radius 3 is 2.95 bits per heavy atom. The molecule has 2 nitrogen and oxygen atoms in total. The summed E-state index contributed by atoms with van der Waals surface area (Å²) >= 11 is 5.20. The largest absolute Gasteiger partial charge is 0.304 e. The number of hydrogen-bond acceptors (Lipinski definition) is 2. The summed E-state index contributed by atoms with van der Waals surface area (Å²) in [6.45, 7) is 4.28. The molecule has 0 fully saturated rings. The molecule has 1 aliphatic rings. The molecule has 0 radical (unpaired) electrons. The van der Waals surface area contributed by atoms with Gasteiger partial charge in [-0.3, -0.25) is 4.79 Å². The van der Waals surface area contributed by atoms with Crippen molar-refractivity contribution in [3.05, 3.63) is 50.1 Å². The third kappa shape index (κ3) is 2.67. The number of amides is 1. The molecule has 0 aliphatic carbocycles. The highest BCUT2D eigenvalue weighted by Crippen LogP contribution is 2.36. The molecule has 1 aromatic carbocycles. The van der Waals surface area contributed by atoms with Gasteiger partial charge in [0.25, 0.3) is 5.91 Å². The van der Waals surface area contributed by atoms with E-state index in [0.717, 1.165) is 34.3 Å². The molecular formula is C17H18BrNOS. The maximum absolute atomic E-state index is 12.9. The molecule has 1 aromatic heterocycles. The molecule has 2 heterocycles. The number of aryl methyl sites for hydroxylation is 1. The highest BCUT2D eigenvalue weighted by Gasteiger charge is 2.32. The van der Waals surface area contributed by atoms with E-state index in [-0.39, 0.29) is 11.9 Å². The van der Waals surface area contributed by atoms with E-state index in [1.54, 1.807) is 11.3 Å². The van der Waals surface area contributed by atoms with Gasteiger partial charge in [-0.15, -0.1) is 11.3 Å². The first kappa shape index (κ1) is 14.8. The number of para-hydroxylation sites is 1. The maximum atomic E-state index is 12.9. The predicted molar refractivity (Wildman–Crippen MR) is 92.4 cm³/mol. The van der Waals surface area contributed by atoms with Crippen molar-refractivity contribution in [2.45, 2.75) is 39.2 Å². The lowest BCUT2D eigenvalue weighted by Gasteiger charge is -2.21. The Morgan fingerprint density at radius 1 is 1.43 bits per heavy atom. The van der Waals surface area contributed by atoms with E-state index >= 15 is 0 Å². The Bertz CT molecular complexity index is 679. The maximum Gasteiger partial charge on any atom is 0.268 e. The fourth-order valence-corrected chi connectivity index (χ4v) is 4.82. The second-order valence-corrected chi connectivity index (χ2v) is 7.48. The van der Waals surface area contributed by atoms with Gasteiger partial charge in [0.15, 0.2) is 0 Å². The molecule has 1 amide bonds. The average molecular weight is 364 g/mol. The lowest BCUT2D eigenvalue weighted by molar-refractivity contribution is 0.0985. The van der Waals surface area contributed by atoms with Gasteiger partial charge in [0, 0.05) is 21.1 Å². The van der Waals surface area contributed by atoms with Gasteiger partial charge in [0.2, 0.25) is 0 Å². The van der Waals surface area contributed by atoms with Crippen LogP contribution in [0.5, 0.6) is 0 Å². The molecule has 0 N–H and O–H groups in total. The van der Waals surface area contributed by atoms with E-state index < -0.39 is 0 Å². The monoisotopic (exact) mass is 363 g/mol. The highest BCUT2D eigenvalue weighted by atomic mass is 79.9. The van der Waals surface area contributed by atoms with E-state index in [0.29, 0.717) is 0 Å². The number of hydrogen-bond donors (Lipinski definition) is 0. The molecule has 0 spiro atoms. The van der Waals surface area contributed by atoms with Gasteiger partial charge in [-0.05, 0) is 53.4 Å². The van der Waals surface area contributed by atoms with Crippen molar-refractivity contribution in [1.82, 2.24) is 0 Å². The van der Waals surface area contributed by atoms with Crippen molar-refractivity contribution in [1.29, 1.82) is 0 Å². The Hall–Kier alpha value is -1.13. The predicted octanol–water partition coefficient (Wildman–Crippen LogP) is 5.05. The Labute approximate surface area is 137 Å². The quantitative estimate of drug-likeness (QED) is 0.746. The zero-order chi connectivity index (χ0) is 15.0. The number of rotatable bonds is 3. The fourth-order valence-electron chi connectivity index (χ4n) is 2.90. The molecule has 110 valence electrons. The molecule has 0 saturated carbocycles. The minimum Gasteiger partial charge on any atom is -0.304 e. The zero-order valence-electron chi connectivity index (χ0n) is 12.2. The van der Waals surface area contributed by atoms with Crippen molar-refractivity contribution < 1.29 is 4.79 Å². The van der Waals surface area contributed by atoms with Gasteiger partial charge in [-0.1, -0.05) is 31.5 Å². The second kappa shape index (κ2) is 5.93. The molecule has 3 rings (SSSR count). The van der Waals surface area contributed by atoms with E-state index in [4.69, 9.17) is 0 Å². The summed E-state index contributed by atoms with van der Waals surface area (Å²) in [5.41, 5.74) is 2.33. The van der Waals surface area contributed by atoms with E-state index in [1.165, 1.54) is 10.4 Å². The van der Waals surface area contributed by atoms with Crippen LogP contribution in [0.2, 0.25) is 0 Å². The van der Waals surface area contributed by atoms with Gasteiger partial charge < -0.3 is 4.90 Å². The van der Waals surface area contributed by atoms with E-state index in [9.17, 15) is 4.79 Å². The lowest BCUT2D eigenvalue weighted by atomic mass is 10.1. The second-order valence-electron chi connectivity index (χ2n) is 5.49. The number of carbonyl (C=O) groups excluding carboxylic acids is 1. The standard InChI is InChI=1S/C17H18BrNOS/c1-3-6-15-13(18)10-16(21-15)17(20)19-11(2)9-12-7-4-5-8-14(12)19/h4-5,7-8,10-11H,3,6,9H2,1-2H3/t11-/m1/s1. The molecule has 2 aromatic rings. The van der Waals surface area contributed by atoms with Gasteiger partial charge in [-0.2, -0.15) is 0 Å². The lowest BCUT2D eigenvalue weighted by Crippen LogP contribution is -2.35. The number of nitrogens with zero attached hydrogens (tertiary/aromatic N) is 1. The Kier molecular flexibility index (Phi) is 4.18. The molecule has 4 heteroatoms. The first-order chi connectivity index (χ1) is 10.1. The Balaban J connectivity index is 1.94. The van der Waals surface area contributed by atoms with Gasteiger partial charge in [-0.25, -0.2) is 0 Å². The molecule has 21 heavy (non-hydrogen) atoms. The number of carbonyl (C=O) groups is 1. The van der Waals surface area contributed by atoms with Crippen LogP contribution in [0.3, 0.4) is 0 Å². The molecular weight excluding hydrogens is 346 g/mol. The van der Waals surface area contributed by atoms with Gasteiger partial charge >= 0.3 is 0 Å². The minimum absolute atomic E-state index is 0.125. The first-order valence-corrected chi connectivity index (χ1v) is 8.92. The highest BCUT2D eigenvalue weighted by molar-refractivity contribution is 9.10. The van der Waals surface area contributed by atoms with Crippen LogP contribution in [-0.2, 0) is 12.8 Å². The Morgan fingerprint density at radius 2 is 2.19 bits per heavy atom. The fraction of sp³-hybridized carbons (Fsp3) is 0.353. The summed E-state index contributed by atoms with van der Waals surface area (Å²) in [6, 6.07) is 10.4. The van der Waals surface area contributed by atoms with Crippen molar-refractivity contribution in [3.8, 4) is 0 Å². The van der Waals surface area contributed by atoms with Crippen LogP contribution in [0.25, 0.3) is 0 Å². The summed E-state index contributed by atoms with van der Waals surface area (Å²) in [7, 11) is 0. The van der Waals surface area contributed by atoms with Crippen LogP contribution >= 0.6 is 27.3 Å².